The molecular formula is C18H18O4. The third-order valence-electron chi connectivity index (χ3n) is 3.45. The second kappa shape index (κ2) is 6.80. The first-order chi connectivity index (χ1) is 10.6. The van der Waals surface area contributed by atoms with Gasteiger partial charge in [0.2, 0.25) is 0 Å². The highest BCUT2D eigenvalue weighted by molar-refractivity contribution is 6.20. The molecule has 4 nitrogen and oxygen atoms in total. The zero-order valence-corrected chi connectivity index (χ0v) is 12.5. The topological polar surface area (TPSA) is 66.8 Å². The fourth-order valence-electron chi connectivity index (χ4n) is 2.16. The number of benzene rings is 2. The van der Waals surface area contributed by atoms with Gasteiger partial charge in [-0.2, -0.15) is 0 Å². The standard InChI is InChI=1S/C18H18O4/c1-3-12-7-9-13(10-8-12)15(18(20)21)11-14-5-4-6-16(22-2)17(14)19/h4-11,19H,3H2,1-2H3,(H,20,21)/b15-11-. The normalized spacial score (nSPS) is 11.3. The molecule has 2 N–H and O–H groups in total. The van der Waals surface area contributed by atoms with Gasteiger partial charge in [0.25, 0.3) is 0 Å². The van der Waals surface area contributed by atoms with Crippen molar-refractivity contribution in [2.45, 2.75) is 13.3 Å². The van der Waals surface area contributed by atoms with Crippen molar-refractivity contribution < 1.29 is 19.7 Å². The monoisotopic (exact) mass is 298 g/mol. The quantitative estimate of drug-likeness (QED) is 0.654. The molecule has 4 heteroatoms. The third kappa shape index (κ3) is 3.28. The zero-order chi connectivity index (χ0) is 16.1. The van der Waals surface area contributed by atoms with Crippen molar-refractivity contribution in [1.82, 2.24) is 0 Å². The zero-order valence-electron chi connectivity index (χ0n) is 12.5. The van der Waals surface area contributed by atoms with Crippen LogP contribution < -0.4 is 4.74 Å². The number of aromatic hydroxyl groups is 1. The summed E-state index contributed by atoms with van der Waals surface area (Å²) < 4.78 is 5.04. The van der Waals surface area contributed by atoms with Crippen LogP contribution in [0.15, 0.2) is 42.5 Å². The molecule has 0 heterocycles. The van der Waals surface area contributed by atoms with E-state index in [1.807, 2.05) is 19.1 Å². The van der Waals surface area contributed by atoms with E-state index in [1.54, 1.807) is 30.3 Å². The summed E-state index contributed by atoms with van der Waals surface area (Å²) in [6.45, 7) is 2.04. The maximum Gasteiger partial charge on any atom is 0.336 e. The highest BCUT2D eigenvalue weighted by Crippen LogP contribution is 2.32. The lowest BCUT2D eigenvalue weighted by Gasteiger charge is -2.08. The molecule has 0 amide bonds. The first kappa shape index (κ1) is 15.6. The molecule has 0 aliphatic rings. The molecule has 0 bridgehead atoms. The summed E-state index contributed by atoms with van der Waals surface area (Å²) in [6, 6.07) is 12.3. The van der Waals surface area contributed by atoms with E-state index in [9.17, 15) is 15.0 Å². The lowest BCUT2D eigenvalue weighted by Crippen LogP contribution is -2.00. The Balaban J connectivity index is 2.49. The number of carboxylic acids is 1. The molecule has 0 aliphatic carbocycles. The van der Waals surface area contributed by atoms with Crippen LogP contribution in [0.5, 0.6) is 11.5 Å². The van der Waals surface area contributed by atoms with Gasteiger partial charge in [-0.3, -0.25) is 0 Å². The molecule has 0 aliphatic heterocycles. The summed E-state index contributed by atoms with van der Waals surface area (Å²) in [5.41, 5.74) is 2.24. The van der Waals surface area contributed by atoms with E-state index in [2.05, 4.69) is 0 Å². The van der Waals surface area contributed by atoms with Crippen molar-refractivity contribution in [2.75, 3.05) is 7.11 Å². The Labute approximate surface area is 129 Å². The average molecular weight is 298 g/mol. The van der Waals surface area contributed by atoms with Gasteiger partial charge in [0.15, 0.2) is 11.5 Å². The molecule has 0 saturated heterocycles. The number of aliphatic carboxylic acids is 1. The largest absolute Gasteiger partial charge is 0.504 e. The van der Waals surface area contributed by atoms with Crippen LogP contribution in [0.4, 0.5) is 0 Å². The highest BCUT2D eigenvalue weighted by Gasteiger charge is 2.13. The Morgan fingerprint density at radius 2 is 1.86 bits per heavy atom. The van der Waals surface area contributed by atoms with Gasteiger partial charge in [-0.1, -0.05) is 43.3 Å². The van der Waals surface area contributed by atoms with Gasteiger partial charge in [0.1, 0.15) is 0 Å². The summed E-state index contributed by atoms with van der Waals surface area (Å²) in [4.78, 5) is 11.5. The number of carboxylic acid groups (broad SMARTS) is 1. The fraction of sp³-hybridized carbons (Fsp3) is 0.167. The SMILES string of the molecule is CCc1ccc(/C(=C/c2cccc(OC)c2O)C(=O)O)cc1. The molecule has 0 radical (unpaired) electrons. The summed E-state index contributed by atoms with van der Waals surface area (Å²) in [6.07, 6.45) is 2.34. The molecule has 0 spiro atoms. The summed E-state index contributed by atoms with van der Waals surface area (Å²) in [5, 5.41) is 19.5. The summed E-state index contributed by atoms with van der Waals surface area (Å²) in [5.74, 6) is -0.819. The Morgan fingerprint density at radius 3 is 2.41 bits per heavy atom. The second-order valence-corrected chi connectivity index (χ2v) is 4.81. The van der Waals surface area contributed by atoms with E-state index in [1.165, 1.54) is 13.2 Å². The Morgan fingerprint density at radius 1 is 1.18 bits per heavy atom. The van der Waals surface area contributed by atoms with Crippen LogP contribution >= 0.6 is 0 Å². The molecule has 0 aromatic heterocycles. The molecule has 114 valence electrons. The van der Waals surface area contributed by atoms with Gasteiger partial charge < -0.3 is 14.9 Å². The van der Waals surface area contributed by atoms with Gasteiger partial charge in [-0.05, 0) is 29.7 Å². The molecule has 2 rings (SSSR count). The van der Waals surface area contributed by atoms with Crippen LogP contribution in [0.2, 0.25) is 0 Å². The minimum Gasteiger partial charge on any atom is -0.504 e. The average Bonchev–Trinajstić information content (AvgIpc) is 2.54. The number of phenols is 1. The number of hydrogen-bond acceptors (Lipinski definition) is 3. The van der Waals surface area contributed by atoms with Crippen LogP contribution in [0.3, 0.4) is 0 Å². The predicted molar refractivity (Wildman–Crippen MR) is 86.0 cm³/mol. The number of para-hydroxylation sites is 1. The number of ether oxygens (including phenoxy) is 1. The lowest BCUT2D eigenvalue weighted by atomic mass is 10.0. The van der Waals surface area contributed by atoms with Crippen LogP contribution in [0.1, 0.15) is 23.6 Å². The predicted octanol–water partition coefficient (Wildman–Crippen LogP) is 3.59. The van der Waals surface area contributed by atoms with Gasteiger partial charge in [0.05, 0.1) is 12.7 Å². The van der Waals surface area contributed by atoms with Crippen LogP contribution in [-0.4, -0.2) is 23.3 Å². The fourth-order valence-corrected chi connectivity index (χ4v) is 2.16. The molecule has 0 fully saturated rings. The Hall–Kier alpha value is -2.75. The number of carbonyl (C=O) groups is 1. The van der Waals surface area contributed by atoms with Crippen molar-refractivity contribution in [3.63, 3.8) is 0 Å². The first-order valence-electron chi connectivity index (χ1n) is 6.97. The van der Waals surface area contributed by atoms with E-state index < -0.39 is 5.97 Å². The van der Waals surface area contributed by atoms with Crippen LogP contribution in [0.25, 0.3) is 11.6 Å². The summed E-state index contributed by atoms with van der Waals surface area (Å²) >= 11 is 0. The maximum absolute atomic E-state index is 11.5. The van der Waals surface area contributed by atoms with Gasteiger partial charge in [-0.15, -0.1) is 0 Å². The number of aryl methyl sites for hydroxylation is 1. The van der Waals surface area contributed by atoms with E-state index in [-0.39, 0.29) is 11.3 Å². The Bertz CT molecular complexity index is 700. The van der Waals surface area contributed by atoms with Crippen molar-refractivity contribution in [2.24, 2.45) is 0 Å². The van der Waals surface area contributed by atoms with Crippen molar-refractivity contribution >= 4 is 17.6 Å². The lowest BCUT2D eigenvalue weighted by molar-refractivity contribution is -0.130. The molecule has 0 atom stereocenters. The minimum absolute atomic E-state index is 0.0751. The summed E-state index contributed by atoms with van der Waals surface area (Å²) in [7, 11) is 1.45. The van der Waals surface area contributed by atoms with Crippen LogP contribution in [0, 0.1) is 0 Å². The third-order valence-corrected chi connectivity index (χ3v) is 3.45. The number of phenolic OH excluding ortho intramolecular Hbond substituents is 1. The van der Waals surface area contributed by atoms with Crippen molar-refractivity contribution in [3.8, 4) is 11.5 Å². The van der Waals surface area contributed by atoms with Gasteiger partial charge in [-0.25, -0.2) is 4.79 Å². The maximum atomic E-state index is 11.5. The van der Waals surface area contributed by atoms with E-state index in [0.717, 1.165) is 12.0 Å². The molecule has 0 unspecified atom stereocenters. The van der Waals surface area contributed by atoms with Crippen molar-refractivity contribution in [1.29, 1.82) is 0 Å². The minimum atomic E-state index is -1.05. The smallest absolute Gasteiger partial charge is 0.336 e. The number of hydrogen-bond donors (Lipinski definition) is 2. The molecular weight excluding hydrogens is 280 g/mol. The van der Waals surface area contributed by atoms with Crippen LogP contribution in [-0.2, 0) is 11.2 Å². The van der Waals surface area contributed by atoms with E-state index >= 15 is 0 Å². The van der Waals surface area contributed by atoms with Gasteiger partial charge >= 0.3 is 5.97 Å². The second-order valence-electron chi connectivity index (χ2n) is 4.81. The van der Waals surface area contributed by atoms with E-state index in [4.69, 9.17) is 4.74 Å². The number of rotatable bonds is 5. The molecule has 2 aromatic carbocycles. The van der Waals surface area contributed by atoms with Crippen molar-refractivity contribution in [3.05, 3.63) is 59.2 Å². The Kier molecular flexibility index (Phi) is 4.84. The number of methoxy groups -OCH3 is 1. The molecule has 2 aromatic rings. The molecule has 22 heavy (non-hydrogen) atoms. The van der Waals surface area contributed by atoms with E-state index in [0.29, 0.717) is 16.9 Å². The van der Waals surface area contributed by atoms with Gasteiger partial charge in [0, 0.05) is 5.56 Å². The molecule has 0 saturated carbocycles. The first-order valence-corrected chi connectivity index (χ1v) is 6.97. The highest BCUT2D eigenvalue weighted by atomic mass is 16.5.